The number of carbonyl (C=O) groups excluding carboxylic acids is 2. The molecule has 28 heavy (non-hydrogen) atoms. The van der Waals surface area contributed by atoms with E-state index in [1.54, 1.807) is 36.4 Å². The predicted octanol–water partition coefficient (Wildman–Crippen LogP) is 3.78. The third-order valence-corrected chi connectivity index (χ3v) is 4.11. The van der Waals surface area contributed by atoms with Crippen molar-refractivity contribution in [2.24, 2.45) is 0 Å². The van der Waals surface area contributed by atoms with Gasteiger partial charge in [-0.1, -0.05) is 35.9 Å². The molecule has 2 aromatic carbocycles. The summed E-state index contributed by atoms with van der Waals surface area (Å²) >= 11 is 5.86. The minimum absolute atomic E-state index is 0.261. The number of carbonyl (C=O) groups is 2. The van der Waals surface area contributed by atoms with Gasteiger partial charge in [0.25, 0.3) is 5.91 Å². The maximum atomic E-state index is 12.4. The van der Waals surface area contributed by atoms with Crippen molar-refractivity contribution in [1.29, 1.82) is 0 Å². The highest BCUT2D eigenvalue weighted by atomic mass is 35.5. The Bertz CT molecular complexity index is 976. The lowest BCUT2D eigenvalue weighted by Gasteiger charge is -2.10. The Balaban J connectivity index is 1.64. The fourth-order valence-corrected chi connectivity index (χ4v) is 2.52. The van der Waals surface area contributed by atoms with E-state index in [-0.39, 0.29) is 11.1 Å². The van der Waals surface area contributed by atoms with E-state index in [9.17, 15) is 9.59 Å². The molecule has 3 rings (SSSR count). The Morgan fingerprint density at radius 2 is 1.71 bits per heavy atom. The molecule has 0 fully saturated rings. The van der Waals surface area contributed by atoms with E-state index in [0.717, 1.165) is 5.56 Å². The number of nitrogens with one attached hydrogen (secondary N) is 2. The average molecular weight is 397 g/mol. The van der Waals surface area contributed by atoms with E-state index in [1.165, 1.54) is 19.5 Å². The first-order chi connectivity index (χ1) is 13.6. The molecule has 0 aliphatic heterocycles. The van der Waals surface area contributed by atoms with Gasteiger partial charge in [0.05, 0.1) is 23.9 Å². The van der Waals surface area contributed by atoms with Crippen LogP contribution in [-0.4, -0.2) is 29.0 Å². The zero-order valence-electron chi connectivity index (χ0n) is 15.0. The molecule has 8 heteroatoms. The summed E-state index contributed by atoms with van der Waals surface area (Å²) < 4.78 is 4.72. The van der Waals surface area contributed by atoms with Gasteiger partial charge in [0.1, 0.15) is 0 Å². The number of esters is 1. The molecule has 0 saturated heterocycles. The van der Waals surface area contributed by atoms with Gasteiger partial charge in [-0.2, -0.15) is 0 Å². The van der Waals surface area contributed by atoms with Crippen LogP contribution in [0.5, 0.6) is 0 Å². The van der Waals surface area contributed by atoms with E-state index in [0.29, 0.717) is 23.2 Å². The van der Waals surface area contributed by atoms with E-state index in [1.807, 2.05) is 12.1 Å². The van der Waals surface area contributed by atoms with Crippen LogP contribution in [0, 0.1) is 0 Å². The summed E-state index contributed by atoms with van der Waals surface area (Å²) in [5.74, 6) is -0.573. The fourth-order valence-electron chi connectivity index (χ4n) is 2.39. The standard InChI is InChI=1S/C20H17ClN4O3/c1-28-19(27)16-4-2-3-5-17(16)25-18(26)14-11-23-20(24-12-14)22-10-13-6-8-15(21)9-7-13/h2-9,11-12H,10H2,1H3,(H,25,26)(H,22,23,24). The summed E-state index contributed by atoms with van der Waals surface area (Å²) in [6, 6.07) is 14.0. The molecule has 0 radical (unpaired) electrons. The first-order valence-corrected chi connectivity index (χ1v) is 8.73. The number of benzene rings is 2. The smallest absolute Gasteiger partial charge is 0.339 e. The molecule has 0 aliphatic rings. The number of para-hydroxylation sites is 1. The number of hydrogen-bond donors (Lipinski definition) is 2. The van der Waals surface area contributed by atoms with Gasteiger partial charge in [-0.05, 0) is 29.8 Å². The van der Waals surface area contributed by atoms with Crippen LogP contribution >= 0.6 is 11.6 Å². The maximum Gasteiger partial charge on any atom is 0.339 e. The van der Waals surface area contributed by atoms with Crippen molar-refractivity contribution in [1.82, 2.24) is 9.97 Å². The molecule has 7 nitrogen and oxygen atoms in total. The second-order valence-corrected chi connectivity index (χ2v) is 6.20. The van der Waals surface area contributed by atoms with E-state index >= 15 is 0 Å². The second kappa shape index (κ2) is 8.96. The number of rotatable bonds is 6. The summed E-state index contributed by atoms with van der Waals surface area (Å²) in [5.41, 5.74) is 1.90. The number of anilines is 2. The second-order valence-electron chi connectivity index (χ2n) is 5.77. The lowest BCUT2D eigenvalue weighted by atomic mass is 10.1. The van der Waals surface area contributed by atoms with Crippen LogP contribution in [-0.2, 0) is 11.3 Å². The van der Waals surface area contributed by atoms with Crippen LogP contribution in [0.3, 0.4) is 0 Å². The third kappa shape index (κ3) is 4.83. The summed E-state index contributed by atoms with van der Waals surface area (Å²) in [6.45, 7) is 0.523. The summed E-state index contributed by atoms with van der Waals surface area (Å²) in [4.78, 5) is 32.5. The Morgan fingerprint density at radius 1 is 1.04 bits per heavy atom. The minimum Gasteiger partial charge on any atom is -0.465 e. The van der Waals surface area contributed by atoms with Crippen LogP contribution in [0.15, 0.2) is 60.9 Å². The summed E-state index contributed by atoms with van der Waals surface area (Å²) in [7, 11) is 1.28. The largest absolute Gasteiger partial charge is 0.465 e. The first-order valence-electron chi connectivity index (χ1n) is 8.36. The molecule has 0 spiro atoms. The minimum atomic E-state index is -0.533. The molecular weight excluding hydrogens is 380 g/mol. The molecule has 142 valence electrons. The van der Waals surface area contributed by atoms with Crippen LogP contribution in [0.1, 0.15) is 26.3 Å². The molecule has 0 aliphatic carbocycles. The molecule has 2 N–H and O–H groups in total. The van der Waals surface area contributed by atoms with E-state index < -0.39 is 11.9 Å². The number of halogens is 1. The zero-order valence-corrected chi connectivity index (χ0v) is 15.7. The quantitative estimate of drug-likeness (QED) is 0.616. The van der Waals surface area contributed by atoms with E-state index in [4.69, 9.17) is 16.3 Å². The molecule has 3 aromatic rings. The van der Waals surface area contributed by atoms with Gasteiger partial charge in [-0.25, -0.2) is 14.8 Å². The topological polar surface area (TPSA) is 93.2 Å². The molecule has 0 saturated carbocycles. The number of amides is 1. The molecular formula is C20H17ClN4O3. The Morgan fingerprint density at radius 3 is 2.39 bits per heavy atom. The third-order valence-electron chi connectivity index (χ3n) is 3.86. The monoisotopic (exact) mass is 396 g/mol. The van der Waals surface area contributed by atoms with Gasteiger partial charge in [0.15, 0.2) is 0 Å². The maximum absolute atomic E-state index is 12.4. The lowest BCUT2D eigenvalue weighted by molar-refractivity contribution is 0.0602. The van der Waals surface area contributed by atoms with E-state index in [2.05, 4.69) is 20.6 Å². The molecule has 0 unspecified atom stereocenters. The molecule has 0 bridgehead atoms. The van der Waals surface area contributed by atoms with Gasteiger partial charge < -0.3 is 15.4 Å². The molecule has 1 aromatic heterocycles. The normalized spacial score (nSPS) is 10.2. The molecule has 0 atom stereocenters. The van der Waals surface area contributed by atoms with Crippen molar-refractivity contribution in [2.75, 3.05) is 17.7 Å². The summed E-state index contributed by atoms with van der Waals surface area (Å²) in [6.07, 6.45) is 2.82. The number of methoxy groups -OCH3 is 1. The van der Waals surface area contributed by atoms with Gasteiger partial charge in [-0.15, -0.1) is 0 Å². The number of ether oxygens (including phenoxy) is 1. The molecule has 1 heterocycles. The number of hydrogen-bond acceptors (Lipinski definition) is 6. The van der Waals surface area contributed by atoms with Crippen LogP contribution in [0.2, 0.25) is 5.02 Å². The van der Waals surface area contributed by atoms with Crippen LogP contribution < -0.4 is 10.6 Å². The van der Waals surface area contributed by atoms with Gasteiger partial charge in [-0.3, -0.25) is 4.79 Å². The predicted molar refractivity (Wildman–Crippen MR) is 107 cm³/mol. The number of nitrogens with zero attached hydrogens (tertiary/aromatic N) is 2. The SMILES string of the molecule is COC(=O)c1ccccc1NC(=O)c1cnc(NCc2ccc(Cl)cc2)nc1. The fraction of sp³-hybridized carbons (Fsp3) is 0.100. The Hall–Kier alpha value is -3.45. The first kappa shape index (κ1) is 19.3. The lowest BCUT2D eigenvalue weighted by Crippen LogP contribution is -2.16. The highest BCUT2D eigenvalue weighted by Crippen LogP contribution is 2.17. The number of aromatic nitrogens is 2. The van der Waals surface area contributed by atoms with Crippen molar-refractivity contribution >= 4 is 35.1 Å². The zero-order chi connectivity index (χ0) is 19.9. The van der Waals surface area contributed by atoms with Crippen molar-refractivity contribution < 1.29 is 14.3 Å². The highest BCUT2D eigenvalue weighted by molar-refractivity contribution is 6.30. The van der Waals surface area contributed by atoms with Crippen molar-refractivity contribution in [3.05, 3.63) is 82.6 Å². The Labute approximate surface area is 166 Å². The van der Waals surface area contributed by atoms with Crippen molar-refractivity contribution in [3.8, 4) is 0 Å². The van der Waals surface area contributed by atoms with Crippen LogP contribution in [0.25, 0.3) is 0 Å². The highest BCUT2D eigenvalue weighted by Gasteiger charge is 2.14. The van der Waals surface area contributed by atoms with Gasteiger partial charge in [0, 0.05) is 24.0 Å². The van der Waals surface area contributed by atoms with Crippen molar-refractivity contribution in [3.63, 3.8) is 0 Å². The van der Waals surface area contributed by atoms with Gasteiger partial charge >= 0.3 is 5.97 Å². The Kier molecular flexibility index (Phi) is 6.18. The van der Waals surface area contributed by atoms with Crippen LogP contribution in [0.4, 0.5) is 11.6 Å². The van der Waals surface area contributed by atoms with Crippen molar-refractivity contribution in [2.45, 2.75) is 6.54 Å². The summed E-state index contributed by atoms with van der Waals surface area (Å²) in [5, 5.41) is 6.41. The average Bonchev–Trinajstić information content (AvgIpc) is 2.73. The molecule has 1 amide bonds. The van der Waals surface area contributed by atoms with Gasteiger partial charge in [0.2, 0.25) is 5.95 Å².